The number of anilines is 3. The number of nitrogens with one attached hydrogen (secondary N) is 2. The number of aliphatic imine (C=N–C) groups is 1. The van der Waals surface area contributed by atoms with Crippen molar-refractivity contribution in [1.82, 2.24) is 0 Å². The second-order valence-electron chi connectivity index (χ2n) is 10.2. The molecular weight excluding hydrogens is 510 g/mol. The SMILES string of the molecule is Cl.NC1=NCc2cc(NC(=O)[C@H](O)[C@H]3OCCN(c4ccc5c(c4)NC(=O)C(CC4CC4)C5)C3=O)ccc21. The number of amidine groups is 1. The van der Waals surface area contributed by atoms with Gasteiger partial charge in [0, 0.05) is 35.1 Å². The number of benzene rings is 2. The fraction of sp³-hybridized carbons (Fsp3) is 0.407. The van der Waals surface area contributed by atoms with Crippen molar-refractivity contribution in [2.75, 3.05) is 28.7 Å². The van der Waals surface area contributed by atoms with Crippen LogP contribution in [0, 0.1) is 11.8 Å². The summed E-state index contributed by atoms with van der Waals surface area (Å²) in [5, 5.41) is 16.4. The molecule has 1 aliphatic carbocycles. The van der Waals surface area contributed by atoms with Crippen LogP contribution in [0.4, 0.5) is 17.1 Å². The summed E-state index contributed by atoms with van der Waals surface area (Å²) in [6, 6.07) is 10.7. The second kappa shape index (κ2) is 10.4. The fourth-order valence-electron chi connectivity index (χ4n) is 5.32. The topological polar surface area (TPSA) is 146 Å². The molecule has 1 saturated carbocycles. The van der Waals surface area contributed by atoms with Gasteiger partial charge in [-0.15, -0.1) is 12.4 Å². The van der Waals surface area contributed by atoms with Crippen LogP contribution < -0.4 is 21.3 Å². The van der Waals surface area contributed by atoms with Gasteiger partial charge in [-0.05, 0) is 60.2 Å². The Morgan fingerprint density at radius 1 is 1.21 bits per heavy atom. The number of rotatable bonds is 6. The Bertz CT molecular complexity index is 1330. The highest BCUT2D eigenvalue weighted by molar-refractivity contribution is 6.05. The van der Waals surface area contributed by atoms with E-state index in [1.54, 1.807) is 24.3 Å². The van der Waals surface area contributed by atoms with Crippen molar-refractivity contribution in [3.63, 3.8) is 0 Å². The zero-order chi connectivity index (χ0) is 25.7. The van der Waals surface area contributed by atoms with E-state index in [9.17, 15) is 19.5 Å². The third-order valence-corrected chi connectivity index (χ3v) is 7.56. The van der Waals surface area contributed by atoms with E-state index in [0.29, 0.717) is 41.8 Å². The maximum Gasteiger partial charge on any atom is 0.259 e. The lowest BCUT2D eigenvalue weighted by atomic mass is 9.89. The Morgan fingerprint density at radius 3 is 2.82 bits per heavy atom. The highest BCUT2D eigenvalue weighted by Crippen LogP contribution is 2.39. The summed E-state index contributed by atoms with van der Waals surface area (Å²) in [5.41, 5.74) is 10.3. The number of morpholine rings is 1. The minimum absolute atomic E-state index is 0. The van der Waals surface area contributed by atoms with Gasteiger partial charge in [0.25, 0.3) is 11.8 Å². The van der Waals surface area contributed by atoms with E-state index < -0.39 is 24.0 Å². The lowest BCUT2D eigenvalue weighted by Crippen LogP contribution is -2.55. The molecule has 0 aromatic heterocycles. The van der Waals surface area contributed by atoms with Gasteiger partial charge in [-0.3, -0.25) is 19.4 Å². The molecule has 6 rings (SSSR count). The Balaban J connectivity index is 0.00000294. The molecule has 3 heterocycles. The van der Waals surface area contributed by atoms with Gasteiger partial charge >= 0.3 is 0 Å². The van der Waals surface area contributed by atoms with Gasteiger partial charge < -0.3 is 31.1 Å². The van der Waals surface area contributed by atoms with Crippen LogP contribution in [0.15, 0.2) is 41.4 Å². The van der Waals surface area contributed by atoms with E-state index in [4.69, 9.17) is 10.5 Å². The largest absolute Gasteiger partial charge is 0.383 e. The molecule has 1 unspecified atom stereocenters. The number of aliphatic hydroxyl groups excluding tert-OH is 1. The van der Waals surface area contributed by atoms with Crippen LogP contribution in [0.3, 0.4) is 0 Å². The molecule has 2 aromatic rings. The molecule has 11 heteroatoms. The predicted molar refractivity (Wildman–Crippen MR) is 144 cm³/mol. The maximum atomic E-state index is 13.3. The average molecular weight is 540 g/mol. The molecule has 0 spiro atoms. The van der Waals surface area contributed by atoms with Crippen LogP contribution in [0.5, 0.6) is 0 Å². The van der Waals surface area contributed by atoms with Crippen molar-refractivity contribution >= 4 is 53.0 Å². The predicted octanol–water partition coefficient (Wildman–Crippen LogP) is 1.97. The molecule has 0 bridgehead atoms. The highest BCUT2D eigenvalue weighted by atomic mass is 35.5. The van der Waals surface area contributed by atoms with Crippen molar-refractivity contribution in [3.8, 4) is 0 Å². The summed E-state index contributed by atoms with van der Waals surface area (Å²) in [7, 11) is 0. The molecular formula is C27H30ClN5O5. The van der Waals surface area contributed by atoms with Crippen molar-refractivity contribution in [3.05, 3.63) is 53.1 Å². The standard InChI is InChI=1S/C27H29N5O5.ClH/c28-24-20-6-4-18(11-17(20)13-29-24)30-26(35)22(33)23-27(36)32(7-8-37-23)19-5-3-15-10-16(9-14-1-2-14)25(34)31-21(15)12-19;/h3-6,11-12,14,16,22-23,33H,1-2,7-10,13H2,(H2,28,29)(H,30,35)(H,31,34);1H/t16?,22-,23-;/m1./s1. The van der Waals surface area contributed by atoms with Gasteiger partial charge in [-0.1, -0.05) is 18.9 Å². The zero-order valence-corrected chi connectivity index (χ0v) is 21.5. The molecule has 2 fully saturated rings. The first-order chi connectivity index (χ1) is 17.9. The zero-order valence-electron chi connectivity index (χ0n) is 20.7. The molecule has 0 radical (unpaired) electrons. The summed E-state index contributed by atoms with van der Waals surface area (Å²) in [4.78, 5) is 44.3. The third-order valence-electron chi connectivity index (χ3n) is 7.56. The Morgan fingerprint density at radius 2 is 2.03 bits per heavy atom. The second-order valence-corrected chi connectivity index (χ2v) is 10.2. The Labute approximate surface area is 226 Å². The molecule has 4 aliphatic rings. The molecule has 3 amide bonds. The average Bonchev–Trinajstić information content (AvgIpc) is 3.64. The normalized spacial score (nSPS) is 23.0. The number of amides is 3. The molecule has 3 aliphatic heterocycles. The fourth-order valence-corrected chi connectivity index (χ4v) is 5.32. The minimum atomic E-state index is -1.70. The van der Waals surface area contributed by atoms with Gasteiger partial charge in [0.2, 0.25) is 5.91 Å². The molecule has 38 heavy (non-hydrogen) atoms. The van der Waals surface area contributed by atoms with Crippen LogP contribution in [-0.4, -0.2) is 54.0 Å². The first kappa shape index (κ1) is 26.1. The smallest absolute Gasteiger partial charge is 0.259 e. The highest BCUT2D eigenvalue weighted by Gasteiger charge is 2.40. The Hall–Kier alpha value is -3.47. The van der Waals surface area contributed by atoms with Crippen LogP contribution in [0.1, 0.15) is 36.0 Å². The molecule has 1 saturated heterocycles. The van der Waals surface area contributed by atoms with E-state index in [2.05, 4.69) is 15.6 Å². The first-order valence-electron chi connectivity index (χ1n) is 12.7. The lowest BCUT2D eigenvalue weighted by Gasteiger charge is -2.35. The van der Waals surface area contributed by atoms with Gasteiger partial charge in [-0.2, -0.15) is 0 Å². The number of aliphatic hydroxyl groups is 1. The number of hydrogen-bond donors (Lipinski definition) is 4. The van der Waals surface area contributed by atoms with Crippen LogP contribution in [0.25, 0.3) is 0 Å². The first-order valence-corrected chi connectivity index (χ1v) is 12.7. The number of hydrogen-bond acceptors (Lipinski definition) is 7. The number of carbonyl (C=O) groups excluding carboxylic acids is 3. The summed E-state index contributed by atoms with van der Waals surface area (Å²) < 4.78 is 5.53. The van der Waals surface area contributed by atoms with Crippen molar-refractivity contribution < 1.29 is 24.2 Å². The number of nitrogens with two attached hydrogens (primary N) is 1. The quantitative estimate of drug-likeness (QED) is 0.441. The molecule has 200 valence electrons. The van der Waals surface area contributed by atoms with Crippen molar-refractivity contribution in [1.29, 1.82) is 0 Å². The van der Waals surface area contributed by atoms with Crippen LogP contribution in [0.2, 0.25) is 0 Å². The molecule has 5 N–H and O–H groups in total. The van der Waals surface area contributed by atoms with Gasteiger partial charge in [0.05, 0.1) is 13.2 Å². The maximum absolute atomic E-state index is 13.3. The van der Waals surface area contributed by atoms with E-state index in [1.165, 1.54) is 17.7 Å². The van der Waals surface area contributed by atoms with E-state index in [1.807, 2.05) is 12.1 Å². The summed E-state index contributed by atoms with van der Waals surface area (Å²) >= 11 is 0. The number of halogens is 1. The monoisotopic (exact) mass is 539 g/mol. The van der Waals surface area contributed by atoms with Gasteiger partial charge in [0.15, 0.2) is 12.2 Å². The lowest BCUT2D eigenvalue weighted by molar-refractivity contribution is -0.150. The summed E-state index contributed by atoms with van der Waals surface area (Å²) in [5.74, 6) is -0.128. The van der Waals surface area contributed by atoms with Crippen LogP contribution >= 0.6 is 12.4 Å². The number of ether oxygens (including phenoxy) is 1. The van der Waals surface area contributed by atoms with Crippen LogP contribution in [-0.2, 0) is 32.1 Å². The minimum Gasteiger partial charge on any atom is -0.383 e. The molecule has 3 atom stereocenters. The van der Waals surface area contributed by atoms with Gasteiger partial charge in [-0.25, -0.2) is 0 Å². The molecule has 10 nitrogen and oxygen atoms in total. The third kappa shape index (κ3) is 4.99. The Kier molecular flexibility index (Phi) is 7.13. The number of nitrogens with zero attached hydrogens (tertiary/aromatic N) is 2. The summed E-state index contributed by atoms with van der Waals surface area (Å²) in [6.07, 6.45) is 0.969. The molecule has 2 aromatic carbocycles. The van der Waals surface area contributed by atoms with E-state index >= 15 is 0 Å². The van der Waals surface area contributed by atoms with Gasteiger partial charge in [0.1, 0.15) is 5.84 Å². The van der Waals surface area contributed by atoms with E-state index in [0.717, 1.165) is 23.1 Å². The van der Waals surface area contributed by atoms with E-state index in [-0.39, 0.29) is 37.4 Å². The van der Waals surface area contributed by atoms with Crippen molar-refractivity contribution in [2.24, 2.45) is 22.6 Å². The number of fused-ring (bicyclic) bond motifs is 2. The number of carbonyl (C=O) groups is 3. The van der Waals surface area contributed by atoms with Crippen molar-refractivity contribution in [2.45, 2.75) is 44.4 Å². The summed E-state index contributed by atoms with van der Waals surface area (Å²) in [6.45, 7) is 0.852.